The molecular formula is C15H12BrFN2OS. The lowest BCUT2D eigenvalue weighted by molar-refractivity contribution is -0.116. The highest BCUT2D eigenvalue weighted by atomic mass is 79.9. The zero-order chi connectivity index (χ0) is 15.4. The minimum atomic E-state index is -0.767. The first-order chi connectivity index (χ1) is 9.99. The molecule has 21 heavy (non-hydrogen) atoms. The van der Waals surface area contributed by atoms with Gasteiger partial charge in [-0.2, -0.15) is 0 Å². The number of rotatable bonds is 4. The number of hydrogen-bond acceptors (Lipinski definition) is 2. The summed E-state index contributed by atoms with van der Waals surface area (Å²) in [7, 11) is 0. The second kappa shape index (κ2) is 6.78. The van der Waals surface area contributed by atoms with Crippen LogP contribution in [-0.2, 0) is 4.79 Å². The van der Waals surface area contributed by atoms with Crippen molar-refractivity contribution in [2.75, 3.05) is 5.32 Å². The molecule has 0 aliphatic heterocycles. The summed E-state index contributed by atoms with van der Waals surface area (Å²) >= 11 is 8.24. The molecule has 0 aromatic heterocycles. The van der Waals surface area contributed by atoms with Crippen molar-refractivity contribution >= 4 is 44.7 Å². The van der Waals surface area contributed by atoms with Crippen LogP contribution >= 0.6 is 28.1 Å². The smallest absolute Gasteiger partial charge is 0.238 e. The molecule has 0 saturated carbocycles. The van der Waals surface area contributed by atoms with Crippen LogP contribution in [0.2, 0.25) is 0 Å². The van der Waals surface area contributed by atoms with Crippen LogP contribution in [0.3, 0.4) is 0 Å². The van der Waals surface area contributed by atoms with Crippen LogP contribution in [0.4, 0.5) is 10.1 Å². The van der Waals surface area contributed by atoms with Crippen LogP contribution in [0.15, 0.2) is 53.0 Å². The van der Waals surface area contributed by atoms with Crippen molar-refractivity contribution in [3.8, 4) is 0 Å². The number of nitrogens with two attached hydrogens (primary N) is 1. The third-order valence-electron chi connectivity index (χ3n) is 2.87. The Balaban J connectivity index is 2.28. The van der Waals surface area contributed by atoms with Crippen LogP contribution in [-0.4, -0.2) is 10.9 Å². The number of hydrogen-bond donors (Lipinski definition) is 2. The molecule has 0 aliphatic carbocycles. The summed E-state index contributed by atoms with van der Waals surface area (Å²) in [5.41, 5.74) is 6.70. The van der Waals surface area contributed by atoms with Gasteiger partial charge < -0.3 is 11.1 Å². The number of carbonyl (C=O) groups excluding carboxylic acids is 1. The van der Waals surface area contributed by atoms with Crippen molar-refractivity contribution in [3.05, 3.63) is 64.4 Å². The number of benzene rings is 2. The lowest BCUT2D eigenvalue weighted by atomic mass is 9.98. The van der Waals surface area contributed by atoms with E-state index in [0.717, 1.165) is 0 Å². The van der Waals surface area contributed by atoms with E-state index in [1.54, 1.807) is 24.3 Å². The molecule has 108 valence electrons. The van der Waals surface area contributed by atoms with E-state index in [-0.39, 0.29) is 4.99 Å². The summed E-state index contributed by atoms with van der Waals surface area (Å²) in [6.45, 7) is 0. The number of amides is 1. The van der Waals surface area contributed by atoms with E-state index in [4.69, 9.17) is 18.0 Å². The molecule has 1 unspecified atom stereocenters. The average molecular weight is 367 g/mol. The average Bonchev–Trinajstić information content (AvgIpc) is 2.44. The Labute approximate surface area is 135 Å². The second-order valence-corrected chi connectivity index (χ2v) is 5.69. The maximum absolute atomic E-state index is 13.3. The third kappa shape index (κ3) is 3.86. The lowest BCUT2D eigenvalue weighted by Gasteiger charge is -2.16. The maximum atomic E-state index is 13.3. The Hall–Kier alpha value is -1.79. The van der Waals surface area contributed by atoms with Crippen LogP contribution in [0, 0.1) is 5.82 Å². The van der Waals surface area contributed by atoms with Crippen molar-refractivity contribution in [2.45, 2.75) is 5.92 Å². The highest BCUT2D eigenvalue weighted by Gasteiger charge is 2.24. The fourth-order valence-corrected chi connectivity index (χ4v) is 2.48. The number of nitrogens with one attached hydrogen (secondary N) is 1. The van der Waals surface area contributed by atoms with E-state index >= 15 is 0 Å². The summed E-state index contributed by atoms with van der Waals surface area (Å²) in [5.74, 6) is -1.61. The van der Waals surface area contributed by atoms with Crippen molar-refractivity contribution in [3.63, 3.8) is 0 Å². The molecule has 0 heterocycles. The van der Waals surface area contributed by atoms with E-state index < -0.39 is 17.6 Å². The summed E-state index contributed by atoms with van der Waals surface area (Å²) in [4.78, 5) is 12.5. The lowest BCUT2D eigenvalue weighted by Crippen LogP contribution is -2.31. The molecule has 6 heteroatoms. The van der Waals surface area contributed by atoms with E-state index in [2.05, 4.69) is 21.2 Å². The molecule has 0 bridgehead atoms. The highest BCUT2D eigenvalue weighted by molar-refractivity contribution is 9.10. The topological polar surface area (TPSA) is 55.1 Å². The fourth-order valence-electron chi connectivity index (χ4n) is 1.89. The van der Waals surface area contributed by atoms with E-state index in [1.807, 2.05) is 6.07 Å². The van der Waals surface area contributed by atoms with Gasteiger partial charge in [-0.3, -0.25) is 4.79 Å². The van der Waals surface area contributed by atoms with Gasteiger partial charge in [0.05, 0.1) is 10.7 Å². The van der Waals surface area contributed by atoms with Crippen LogP contribution in [0.1, 0.15) is 11.5 Å². The van der Waals surface area contributed by atoms with E-state index in [0.29, 0.717) is 15.7 Å². The van der Waals surface area contributed by atoms with Crippen LogP contribution in [0.5, 0.6) is 0 Å². The minimum Gasteiger partial charge on any atom is -0.392 e. The Morgan fingerprint density at radius 1 is 1.24 bits per heavy atom. The summed E-state index contributed by atoms with van der Waals surface area (Å²) in [6.07, 6.45) is 0. The molecule has 3 nitrogen and oxygen atoms in total. The van der Waals surface area contributed by atoms with Gasteiger partial charge in [-0.05, 0) is 39.7 Å². The first kappa shape index (κ1) is 15.6. The second-order valence-electron chi connectivity index (χ2n) is 4.36. The van der Waals surface area contributed by atoms with E-state index in [9.17, 15) is 9.18 Å². The van der Waals surface area contributed by atoms with Crippen molar-refractivity contribution in [1.82, 2.24) is 0 Å². The molecule has 0 spiro atoms. The fraction of sp³-hybridized carbons (Fsp3) is 0.0667. The van der Waals surface area contributed by atoms with Gasteiger partial charge in [0.1, 0.15) is 11.7 Å². The molecular weight excluding hydrogens is 355 g/mol. The molecule has 0 radical (unpaired) electrons. The van der Waals surface area contributed by atoms with Gasteiger partial charge in [0, 0.05) is 4.47 Å². The molecule has 0 aliphatic rings. The van der Waals surface area contributed by atoms with Gasteiger partial charge in [-0.1, -0.05) is 42.5 Å². The summed E-state index contributed by atoms with van der Waals surface area (Å²) < 4.78 is 13.8. The van der Waals surface area contributed by atoms with E-state index in [1.165, 1.54) is 18.2 Å². The minimum absolute atomic E-state index is 0.0613. The number of carbonyl (C=O) groups is 1. The van der Waals surface area contributed by atoms with Gasteiger partial charge in [0.15, 0.2) is 0 Å². The Bertz CT molecular complexity index is 679. The summed E-state index contributed by atoms with van der Waals surface area (Å²) in [5, 5.41) is 2.64. The quantitative estimate of drug-likeness (QED) is 0.812. The molecule has 1 amide bonds. The van der Waals surface area contributed by atoms with Crippen molar-refractivity contribution < 1.29 is 9.18 Å². The standard InChI is InChI=1S/C15H12BrFN2OS/c16-11-7-6-10(17)8-12(11)19-15(20)13(14(18)21)9-4-2-1-3-5-9/h1-8,13H,(H2,18,21)(H,19,20). The first-order valence-electron chi connectivity index (χ1n) is 6.09. The van der Waals surface area contributed by atoms with Gasteiger partial charge in [-0.25, -0.2) is 4.39 Å². The Kier molecular flexibility index (Phi) is 5.03. The third-order valence-corrected chi connectivity index (χ3v) is 3.79. The van der Waals surface area contributed by atoms with Gasteiger partial charge in [-0.15, -0.1) is 0 Å². The summed E-state index contributed by atoms with van der Waals surface area (Å²) in [6, 6.07) is 13.0. The van der Waals surface area contributed by atoms with Gasteiger partial charge in [0.25, 0.3) is 0 Å². The number of anilines is 1. The highest BCUT2D eigenvalue weighted by Crippen LogP contribution is 2.25. The first-order valence-corrected chi connectivity index (χ1v) is 7.29. The SMILES string of the molecule is NC(=S)C(C(=O)Nc1cc(F)ccc1Br)c1ccccc1. The predicted octanol–water partition coefficient (Wildman–Crippen LogP) is 3.60. The predicted molar refractivity (Wildman–Crippen MR) is 88.7 cm³/mol. The van der Waals surface area contributed by atoms with Crippen LogP contribution in [0.25, 0.3) is 0 Å². The molecule has 0 saturated heterocycles. The van der Waals surface area contributed by atoms with Gasteiger partial charge >= 0.3 is 0 Å². The largest absolute Gasteiger partial charge is 0.392 e. The molecule has 2 rings (SSSR count). The Morgan fingerprint density at radius 3 is 2.52 bits per heavy atom. The molecule has 1 atom stereocenters. The van der Waals surface area contributed by atoms with Crippen LogP contribution < -0.4 is 11.1 Å². The monoisotopic (exact) mass is 366 g/mol. The van der Waals surface area contributed by atoms with Crippen molar-refractivity contribution in [2.24, 2.45) is 5.73 Å². The van der Waals surface area contributed by atoms with Crippen molar-refractivity contribution in [1.29, 1.82) is 0 Å². The number of halogens is 2. The molecule has 2 aromatic rings. The zero-order valence-electron chi connectivity index (χ0n) is 10.8. The Morgan fingerprint density at radius 2 is 1.90 bits per heavy atom. The molecule has 3 N–H and O–H groups in total. The maximum Gasteiger partial charge on any atom is 0.238 e. The molecule has 0 fully saturated rings. The number of thiocarbonyl (C=S) groups is 1. The van der Waals surface area contributed by atoms with Gasteiger partial charge in [0.2, 0.25) is 5.91 Å². The normalized spacial score (nSPS) is 11.7. The zero-order valence-corrected chi connectivity index (χ0v) is 13.2. The molecule has 2 aromatic carbocycles.